The van der Waals surface area contributed by atoms with Gasteiger partial charge in [0.25, 0.3) is 5.91 Å². The third kappa shape index (κ3) is 2.69. The van der Waals surface area contributed by atoms with Gasteiger partial charge in [-0.05, 0) is 26.0 Å². The highest BCUT2D eigenvalue weighted by atomic mass is 16.1. The van der Waals surface area contributed by atoms with Gasteiger partial charge < -0.3 is 5.32 Å². The van der Waals surface area contributed by atoms with E-state index in [9.17, 15) is 4.79 Å². The highest BCUT2D eigenvalue weighted by molar-refractivity contribution is 6.03. The zero-order valence-electron chi connectivity index (χ0n) is 9.84. The molecule has 0 aliphatic heterocycles. The van der Waals surface area contributed by atoms with Gasteiger partial charge >= 0.3 is 0 Å². The average Bonchev–Trinajstić information content (AvgIpc) is 2.77. The summed E-state index contributed by atoms with van der Waals surface area (Å²) in [5, 5.41) is 6.85. The summed E-state index contributed by atoms with van der Waals surface area (Å²) < 4.78 is 1.75. The second-order valence-electron chi connectivity index (χ2n) is 3.73. The number of carbonyl (C=O) groups is 1. The first kappa shape index (κ1) is 11.3. The van der Waals surface area contributed by atoms with Crippen LogP contribution in [0.2, 0.25) is 0 Å². The molecule has 5 nitrogen and oxygen atoms in total. The summed E-state index contributed by atoms with van der Waals surface area (Å²) in [5.74, 6) is -0.173. The Bertz CT molecular complexity index is 516. The molecule has 0 bridgehead atoms. The minimum atomic E-state index is -0.173. The van der Waals surface area contributed by atoms with Crippen molar-refractivity contribution in [2.45, 2.75) is 20.4 Å². The molecule has 0 aliphatic rings. The molecule has 2 rings (SSSR count). The zero-order valence-corrected chi connectivity index (χ0v) is 9.84. The molecule has 5 heteroatoms. The first-order chi connectivity index (χ1) is 8.19. The van der Waals surface area contributed by atoms with Crippen molar-refractivity contribution < 1.29 is 4.79 Å². The Morgan fingerprint density at radius 2 is 2.24 bits per heavy atom. The predicted octanol–water partition coefficient (Wildman–Crippen LogP) is 1.86. The van der Waals surface area contributed by atoms with Gasteiger partial charge in [0, 0.05) is 24.6 Å². The second kappa shape index (κ2) is 4.78. The third-order valence-corrected chi connectivity index (χ3v) is 2.39. The molecule has 2 aromatic heterocycles. The Morgan fingerprint density at radius 1 is 1.41 bits per heavy atom. The molecule has 2 aromatic rings. The average molecular weight is 230 g/mol. The molecule has 2 heterocycles. The van der Waals surface area contributed by atoms with Crippen LogP contribution in [0.1, 0.15) is 23.0 Å². The van der Waals surface area contributed by atoms with E-state index in [1.165, 1.54) is 0 Å². The Kier molecular flexibility index (Phi) is 3.18. The smallest absolute Gasteiger partial charge is 0.257 e. The molecule has 1 amide bonds. The number of aromatic nitrogens is 3. The Hall–Kier alpha value is -2.17. The van der Waals surface area contributed by atoms with Crippen molar-refractivity contribution in [3.8, 4) is 0 Å². The van der Waals surface area contributed by atoms with Gasteiger partial charge in [0.1, 0.15) is 0 Å². The molecule has 0 fully saturated rings. The molecule has 88 valence electrons. The van der Waals surface area contributed by atoms with E-state index in [1.54, 1.807) is 29.3 Å². The van der Waals surface area contributed by atoms with Gasteiger partial charge in [-0.2, -0.15) is 5.10 Å². The third-order valence-electron chi connectivity index (χ3n) is 2.39. The molecular weight excluding hydrogens is 216 g/mol. The minimum Gasteiger partial charge on any atom is -0.319 e. The van der Waals surface area contributed by atoms with E-state index in [-0.39, 0.29) is 5.91 Å². The van der Waals surface area contributed by atoms with E-state index in [0.717, 1.165) is 12.2 Å². The Balaban J connectivity index is 2.08. The van der Waals surface area contributed by atoms with E-state index >= 15 is 0 Å². The van der Waals surface area contributed by atoms with Crippen molar-refractivity contribution in [1.82, 2.24) is 14.8 Å². The van der Waals surface area contributed by atoms with Gasteiger partial charge in [0.2, 0.25) is 0 Å². The number of hydrogen-bond donors (Lipinski definition) is 1. The number of aryl methyl sites for hydroxylation is 2. The lowest BCUT2D eigenvalue weighted by atomic mass is 10.2. The van der Waals surface area contributed by atoms with Crippen LogP contribution in [0.4, 0.5) is 5.69 Å². The molecule has 0 spiro atoms. The molecule has 0 radical (unpaired) electrons. The number of anilines is 1. The van der Waals surface area contributed by atoms with Crippen LogP contribution in [0.5, 0.6) is 0 Å². The van der Waals surface area contributed by atoms with Gasteiger partial charge in [0.15, 0.2) is 0 Å². The summed E-state index contributed by atoms with van der Waals surface area (Å²) in [6, 6.07) is 3.56. The highest BCUT2D eigenvalue weighted by Crippen LogP contribution is 2.08. The van der Waals surface area contributed by atoms with Gasteiger partial charge in [0.05, 0.1) is 17.4 Å². The number of amides is 1. The number of pyridine rings is 1. The van der Waals surface area contributed by atoms with E-state index in [2.05, 4.69) is 15.4 Å². The topological polar surface area (TPSA) is 59.8 Å². The fourth-order valence-corrected chi connectivity index (χ4v) is 1.41. The Labute approximate surface area is 99.5 Å². The lowest BCUT2D eigenvalue weighted by molar-refractivity contribution is 0.102. The van der Waals surface area contributed by atoms with Crippen LogP contribution in [0.25, 0.3) is 0 Å². The number of nitrogens with one attached hydrogen (secondary N) is 1. The standard InChI is InChI=1S/C12H14N4O/c1-3-16-8-11(7-14-16)15-12(17)10-5-4-9(2)13-6-10/h4-8H,3H2,1-2H3,(H,15,17). The number of rotatable bonds is 3. The summed E-state index contributed by atoms with van der Waals surface area (Å²) >= 11 is 0. The summed E-state index contributed by atoms with van der Waals surface area (Å²) in [7, 11) is 0. The number of nitrogens with zero attached hydrogens (tertiary/aromatic N) is 3. The molecule has 0 aliphatic carbocycles. The quantitative estimate of drug-likeness (QED) is 0.875. The van der Waals surface area contributed by atoms with Crippen LogP contribution in [-0.2, 0) is 6.54 Å². The van der Waals surface area contributed by atoms with Crippen LogP contribution in [-0.4, -0.2) is 20.7 Å². The van der Waals surface area contributed by atoms with E-state index in [0.29, 0.717) is 11.3 Å². The lowest BCUT2D eigenvalue weighted by Crippen LogP contribution is -2.11. The molecule has 0 unspecified atom stereocenters. The predicted molar refractivity (Wildman–Crippen MR) is 64.8 cm³/mol. The maximum absolute atomic E-state index is 11.8. The molecule has 17 heavy (non-hydrogen) atoms. The highest BCUT2D eigenvalue weighted by Gasteiger charge is 2.07. The second-order valence-corrected chi connectivity index (χ2v) is 3.73. The molecule has 0 saturated carbocycles. The van der Waals surface area contributed by atoms with Crippen LogP contribution < -0.4 is 5.32 Å². The maximum Gasteiger partial charge on any atom is 0.257 e. The van der Waals surface area contributed by atoms with Crippen molar-refractivity contribution in [3.63, 3.8) is 0 Å². The van der Waals surface area contributed by atoms with Crippen molar-refractivity contribution in [3.05, 3.63) is 42.0 Å². The van der Waals surface area contributed by atoms with Crippen molar-refractivity contribution in [2.75, 3.05) is 5.32 Å². The van der Waals surface area contributed by atoms with E-state index in [4.69, 9.17) is 0 Å². The van der Waals surface area contributed by atoms with Gasteiger partial charge in [-0.1, -0.05) is 0 Å². The molecule has 1 N–H and O–H groups in total. The van der Waals surface area contributed by atoms with Gasteiger partial charge in [-0.3, -0.25) is 14.5 Å². The monoisotopic (exact) mass is 230 g/mol. The number of hydrogen-bond acceptors (Lipinski definition) is 3. The Morgan fingerprint density at radius 3 is 2.82 bits per heavy atom. The lowest BCUT2D eigenvalue weighted by Gasteiger charge is -2.02. The summed E-state index contributed by atoms with van der Waals surface area (Å²) in [6.07, 6.45) is 4.98. The minimum absolute atomic E-state index is 0.173. The van der Waals surface area contributed by atoms with E-state index < -0.39 is 0 Å². The summed E-state index contributed by atoms with van der Waals surface area (Å²) in [6.45, 7) is 4.65. The van der Waals surface area contributed by atoms with Crippen LogP contribution in [0.15, 0.2) is 30.7 Å². The SMILES string of the molecule is CCn1cc(NC(=O)c2ccc(C)nc2)cn1. The summed E-state index contributed by atoms with van der Waals surface area (Å²) in [4.78, 5) is 15.9. The summed E-state index contributed by atoms with van der Waals surface area (Å²) in [5.41, 5.74) is 2.12. The van der Waals surface area contributed by atoms with Crippen molar-refractivity contribution in [2.24, 2.45) is 0 Å². The van der Waals surface area contributed by atoms with Crippen LogP contribution in [0, 0.1) is 6.92 Å². The molecule has 0 aromatic carbocycles. The van der Waals surface area contributed by atoms with Crippen molar-refractivity contribution >= 4 is 11.6 Å². The van der Waals surface area contributed by atoms with Gasteiger partial charge in [-0.15, -0.1) is 0 Å². The van der Waals surface area contributed by atoms with Crippen molar-refractivity contribution in [1.29, 1.82) is 0 Å². The van der Waals surface area contributed by atoms with Crippen LogP contribution >= 0.6 is 0 Å². The zero-order chi connectivity index (χ0) is 12.3. The maximum atomic E-state index is 11.8. The number of carbonyl (C=O) groups excluding carboxylic acids is 1. The first-order valence-corrected chi connectivity index (χ1v) is 5.45. The largest absolute Gasteiger partial charge is 0.319 e. The van der Waals surface area contributed by atoms with Crippen LogP contribution in [0.3, 0.4) is 0 Å². The fraction of sp³-hybridized carbons (Fsp3) is 0.250. The van der Waals surface area contributed by atoms with E-state index in [1.807, 2.05) is 19.9 Å². The normalized spacial score (nSPS) is 10.2. The first-order valence-electron chi connectivity index (χ1n) is 5.45. The molecule has 0 atom stereocenters. The van der Waals surface area contributed by atoms with Gasteiger partial charge in [-0.25, -0.2) is 0 Å². The molecule has 0 saturated heterocycles. The fourth-order valence-electron chi connectivity index (χ4n) is 1.41. The molecular formula is C12H14N4O.